The van der Waals surface area contributed by atoms with Crippen molar-refractivity contribution < 1.29 is 16.8 Å². The maximum Gasteiger partial charge on any atom is 0.404 e. The quantitative estimate of drug-likeness (QED) is 0.372. The number of hydrogen-bond acceptors (Lipinski definition) is 4. The van der Waals surface area contributed by atoms with Crippen molar-refractivity contribution in [1.82, 2.24) is 0 Å². The fourth-order valence-corrected chi connectivity index (χ4v) is 3.60. The van der Waals surface area contributed by atoms with Gasteiger partial charge in [0.05, 0.1) is 0 Å². The molecule has 4 nitrogen and oxygen atoms in total. The van der Waals surface area contributed by atoms with E-state index in [1.54, 1.807) is 0 Å². The van der Waals surface area contributed by atoms with Crippen LogP contribution in [0.15, 0.2) is 0 Å². The predicted octanol–water partition coefficient (Wildman–Crippen LogP) is 5.48. The molecule has 0 N–H and O–H groups in total. The van der Waals surface area contributed by atoms with Gasteiger partial charge in [0, 0.05) is 6.42 Å². The Kier molecular flexibility index (Phi) is 11.1. The molecular weight excluding hydrogens is 300 g/mol. The van der Waals surface area contributed by atoms with Crippen molar-refractivity contribution in [2.24, 2.45) is 0 Å². The lowest BCUT2D eigenvalue weighted by atomic mass is 10.0. The zero-order valence-electron chi connectivity index (χ0n) is 14.2. The Morgan fingerprint density at radius 1 is 0.636 bits per heavy atom. The van der Waals surface area contributed by atoms with Gasteiger partial charge in [-0.1, -0.05) is 90.4 Å². The van der Waals surface area contributed by atoms with Crippen LogP contribution in [0.3, 0.4) is 0 Å². The van der Waals surface area contributed by atoms with Gasteiger partial charge in [0.1, 0.15) is 0 Å². The van der Waals surface area contributed by atoms with Crippen molar-refractivity contribution in [2.45, 2.75) is 110 Å². The van der Waals surface area contributed by atoms with Gasteiger partial charge in [-0.25, -0.2) is 8.37 Å². The van der Waals surface area contributed by atoms with Crippen molar-refractivity contribution in [2.75, 3.05) is 0 Å². The smallest absolute Gasteiger partial charge is 0.215 e. The van der Waals surface area contributed by atoms with Crippen LogP contribution in [0, 0.1) is 0 Å². The molecule has 0 saturated carbocycles. The normalized spacial score (nSPS) is 17.5. The largest absolute Gasteiger partial charge is 0.404 e. The summed E-state index contributed by atoms with van der Waals surface area (Å²) >= 11 is 0. The Hall–Kier alpha value is -0.130. The van der Waals surface area contributed by atoms with Gasteiger partial charge in [0.2, 0.25) is 0 Å². The first kappa shape index (κ1) is 19.9. The van der Waals surface area contributed by atoms with E-state index in [0.29, 0.717) is 6.42 Å². The van der Waals surface area contributed by atoms with Crippen LogP contribution < -0.4 is 0 Å². The molecule has 1 heterocycles. The Morgan fingerprint density at radius 3 is 1.36 bits per heavy atom. The van der Waals surface area contributed by atoms with E-state index in [1.165, 1.54) is 77.0 Å². The lowest BCUT2D eigenvalue weighted by Crippen LogP contribution is -2.35. The predicted molar refractivity (Wildman–Crippen MR) is 89.8 cm³/mol. The van der Waals surface area contributed by atoms with Gasteiger partial charge < -0.3 is 0 Å². The summed E-state index contributed by atoms with van der Waals surface area (Å²) in [4.78, 5) is 0. The van der Waals surface area contributed by atoms with E-state index in [-0.39, 0.29) is 0 Å². The molecule has 0 aliphatic carbocycles. The molecule has 0 aromatic carbocycles. The summed E-state index contributed by atoms with van der Waals surface area (Å²) in [7, 11) is -3.60. The summed E-state index contributed by atoms with van der Waals surface area (Å²) < 4.78 is 30.4. The number of rotatable bonds is 15. The van der Waals surface area contributed by atoms with E-state index in [2.05, 4.69) is 15.3 Å². The molecule has 1 rings (SSSR count). The molecule has 1 aliphatic rings. The van der Waals surface area contributed by atoms with Gasteiger partial charge in [-0.05, 0) is 6.42 Å². The molecular formula is C17H34O4S. The topological polar surface area (TPSA) is 52.6 Å². The Balaban J connectivity index is 1.68. The van der Waals surface area contributed by atoms with Crippen molar-refractivity contribution in [1.29, 1.82) is 0 Å². The second-order valence-corrected chi connectivity index (χ2v) is 7.62. The fourth-order valence-electron chi connectivity index (χ4n) is 2.87. The molecule has 132 valence electrons. The van der Waals surface area contributed by atoms with Crippen molar-refractivity contribution in [3.63, 3.8) is 0 Å². The summed E-state index contributed by atoms with van der Waals surface area (Å²) in [5.74, 6) is 0. The second kappa shape index (κ2) is 12.3. The Morgan fingerprint density at radius 2 is 1.00 bits per heavy atom. The third-order valence-corrected chi connectivity index (χ3v) is 5.14. The van der Waals surface area contributed by atoms with E-state index < -0.39 is 16.7 Å². The zero-order chi connectivity index (χ0) is 16.1. The highest BCUT2D eigenvalue weighted by atomic mass is 32.3. The van der Waals surface area contributed by atoms with Gasteiger partial charge in [-0.2, -0.15) is 8.42 Å². The van der Waals surface area contributed by atoms with Crippen LogP contribution in [0.1, 0.15) is 103 Å². The van der Waals surface area contributed by atoms with Gasteiger partial charge >= 0.3 is 10.4 Å². The molecule has 1 aliphatic heterocycles. The molecule has 0 unspecified atom stereocenters. The van der Waals surface area contributed by atoms with Crippen LogP contribution in [0.25, 0.3) is 0 Å². The summed E-state index contributed by atoms with van der Waals surface area (Å²) in [5.41, 5.74) is 0. The average Bonchev–Trinajstić information content (AvgIpc) is 2.45. The standard InChI is InChI=1S/C17H34O4S/c1-2-3-4-5-6-7-8-9-10-11-12-13-14-15-16-17-20-22(18,19)21-17/h17H,2-16H2,1H3. The molecule has 0 radical (unpaired) electrons. The third-order valence-electron chi connectivity index (χ3n) is 4.24. The van der Waals surface area contributed by atoms with Crippen LogP contribution in [0.4, 0.5) is 0 Å². The maximum atomic E-state index is 10.6. The first-order chi connectivity index (χ1) is 10.6. The molecule has 22 heavy (non-hydrogen) atoms. The molecule has 0 aromatic heterocycles. The molecule has 0 spiro atoms. The van der Waals surface area contributed by atoms with Crippen molar-refractivity contribution in [3.8, 4) is 0 Å². The molecule has 0 atom stereocenters. The van der Waals surface area contributed by atoms with Crippen LogP contribution in [0.2, 0.25) is 0 Å². The lowest BCUT2D eigenvalue weighted by molar-refractivity contribution is -0.0842. The minimum Gasteiger partial charge on any atom is -0.215 e. The third kappa shape index (κ3) is 10.6. The second-order valence-electron chi connectivity index (χ2n) is 6.42. The van der Waals surface area contributed by atoms with E-state index >= 15 is 0 Å². The van der Waals surface area contributed by atoms with Gasteiger partial charge in [-0.15, -0.1) is 0 Å². The van der Waals surface area contributed by atoms with Crippen molar-refractivity contribution >= 4 is 10.4 Å². The van der Waals surface area contributed by atoms with Gasteiger partial charge in [-0.3, -0.25) is 0 Å². The van der Waals surface area contributed by atoms with Crippen LogP contribution >= 0.6 is 0 Å². The Labute approximate surface area is 137 Å². The highest BCUT2D eigenvalue weighted by molar-refractivity contribution is 7.82. The summed E-state index contributed by atoms with van der Waals surface area (Å²) in [6.45, 7) is 2.26. The highest BCUT2D eigenvalue weighted by Crippen LogP contribution is 2.23. The Bertz CT molecular complexity index is 342. The first-order valence-corrected chi connectivity index (χ1v) is 10.6. The summed E-state index contributed by atoms with van der Waals surface area (Å²) in [6.07, 6.45) is 18.7. The number of hydrogen-bond donors (Lipinski definition) is 0. The molecule has 0 bridgehead atoms. The first-order valence-electron chi connectivity index (χ1n) is 9.25. The van der Waals surface area contributed by atoms with Crippen LogP contribution in [-0.4, -0.2) is 14.7 Å². The lowest BCUT2D eigenvalue weighted by Gasteiger charge is -2.24. The van der Waals surface area contributed by atoms with E-state index in [1.807, 2.05) is 0 Å². The minimum atomic E-state index is -3.60. The van der Waals surface area contributed by atoms with E-state index in [4.69, 9.17) is 0 Å². The van der Waals surface area contributed by atoms with Crippen LogP contribution in [-0.2, 0) is 18.8 Å². The van der Waals surface area contributed by atoms with Gasteiger partial charge in [0.15, 0.2) is 6.29 Å². The molecule has 5 heteroatoms. The summed E-state index contributed by atoms with van der Waals surface area (Å²) in [6, 6.07) is 0. The molecule has 0 amide bonds. The summed E-state index contributed by atoms with van der Waals surface area (Å²) in [5, 5.41) is 0. The molecule has 0 aromatic rings. The molecule has 1 fully saturated rings. The van der Waals surface area contributed by atoms with Crippen molar-refractivity contribution in [3.05, 3.63) is 0 Å². The van der Waals surface area contributed by atoms with Crippen LogP contribution in [0.5, 0.6) is 0 Å². The number of unbranched alkanes of at least 4 members (excludes halogenated alkanes) is 13. The molecule has 1 saturated heterocycles. The zero-order valence-corrected chi connectivity index (χ0v) is 15.0. The maximum absolute atomic E-state index is 10.6. The average molecular weight is 335 g/mol. The SMILES string of the molecule is CCCCCCCCCCCCCCCCC1OS(=O)(=O)O1. The fraction of sp³-hybridized carbons (Fsp3) is 1.00. The van der Waals surface area contributed by atoms with Gasteiger partial charge in [0.25, 0.3) is 0 Å². The van der Waals surface area contributed by atoms with E-state index in [9.17, 15) is 8.42 Å². The van der Waals surface area contributed by atoms with E-state index in [0.717, 1.165) is 12.8 Å². The highest BCUT2D eigenvalue weighted by Gasteiger charge is 2.35. The minimum absolute atomic E-state index is 0.512. The monoisotopic (exact) mass is 334 g/mol.